The second-order valence-electron chi connectivity index (χ2n) is 7.46. The largest absolute Gasteiger partial charge is 0.417 e. The van der Waals surface area contributed by atoms with Crippen LogP contribution >= 0.6 is 11.5 Å². The van der Waals surface area contributed by atoms with Crippen molar-refractivity contribution in [2.45, 2.75) is 30.9 Å². The summed E-state index contributed by atoms with van der Waals surface area (Å²) in [6.07, 6.45) is -5.11. The van der Waals surface area contributed by atoms with Crippen LogP contribution in [0.1, 0.15) is 30.0 Å². The molecule has 13 heteroatoms. The number of piperidine rings is 1. The molecule has 0 amide bonds. The molecular formula is C17H15F6N3O2S2. The van der Waals surface area contributed by atoms with E-state index in [-0.39, 0.29) is 42.1 Å². The molecule has 2 fully saturated rings. The molecule has 2 aromatic rings. The van der Waals surface area contributed by atoms with E-state index in [0.717, 1.165) is 16.4 Å². The van der Waals surface area contributed by atoms with Crippen molar-refractivity contribution in [2.75, 3.05) is 13.1 Å². The molecule has 2 heterocycles. The first-order valence-corrected chi connectivity index (χ1v) is 11.0. The van der Waals surface area contributed by atoms with Crippen LogP contribution < -0.4 is 5.14 Å². The van der Waals surface area contributed by atoms with Gasteiger partial charge in [-0.05, 0) is 48.6 Å². The van der Waals surface area contributed by atoms with Gasteiger partial charge in [0.05, 0.1) is 27.5 Å². The van der Waals surface area contributed by atoms with E-state index < -0.39 is 45.0 Å². The summed E-state index contributed by atoms with van der Waals surface area (Å²) in [5, 5.41) is 5.04. The van der Waals surface area contributed by atoms with Crippen molar-refractivity contribution in [2.24, 2.45) is 10.6 Å². The lowest BCUT2D eigenvalue weighted by Gasteiger charge is -2.30. The van der Waals surface area contributed by atoms with E-state index in [1.54, 1.807) is 0 Å². The molecule has 4 rings (SSSR count). The van der Waals surface area contributed by atoms with Crippen molar-refractivity contribution < 1.29 is 34.8 Å². The van der Waals surface area contributed by atoms with E-state index in [0.29, 0.717) is 17.6 Å². The highest BCUT2D eigenvalue weighted by Gasteiger charge is 2.81. The third-order valence-corrected chi connectivity index (χ3v) is 7.77. The van der Waals surface area contributed by atoms with Crippen LogP contribution in [-0.2, 0) is 16.4 Å². The minimum atomic E-state index is -4.83. The van der Waals surface area contributed by atoms with Crippen LogP contribution in [0.4, 0.5) is 26.3 Å². The van der Waals surface area contributed by atoms with Gasteiger partial charge in [-0.25, -0.2) is 18.3 Å². The van der Waals surface area contributed by atoms with Gasteiger partial charge in [0.25, 0.3) is 16.1 Å². The van der Waals surface area contributed by atoms with E-state index in [4.69, 9.17) is 5.14 Å². The molecule has 1 saturated heterocycles. The molecule has 0 radical (unpaired) electrons. The maximum atomic E-state index is 14.7. The molecule has 0 bridgehead atoms. The number of hydrogen-bond donors (Lipinski definition) is 1. The standard InChI is InChI=1S/C17H15F6N3O2S2/c18-9-1-2-10(11(7-9)17(21,22)23)13-8-12(25-29-13)14-15(16(14,19)20)3-5-26(6-4-15)30(24,27)28/h1-2,7-8,14H,3-6H2,(H2,24,27,28). The lowest BCUT2D eigenvalue weighted by Crippen LogP contribution is -2.43. The van der Waals surface area contributed by atoms with Crippen molar-refractivity contribution in [1.82, 2.24) is 8.68 Å². The average Bonchev–Trinajstić information content (AvgIpc) is 2.95. The second kappa shape index (κ2) is 6.65. The van der Waals surface area contributed by atoms with Gasteiger partial charge in [0, 0.05) is 18.7 Å². The summed E-state index contributed by atoms with van der Waals surface area (Å²) in [6, 6.07) is 3.33. The van der Waals surface area contributed by atoms with Crippen molar-refractivity contribution >= 4 is 21.7 Å². The van der Waals surface area contributed by atoms with Crippen LogP contribution in [0.5, 0.6) is 0 Å². The van der Waals surface area contributed by atoms with Crippen LogP contribution in [0.25, 0.3) is 10.4 Å². The molecule has 1 spiro atoms. The fourth-order valence-corrected chi connectivity index (χ4v) is 5.76. The summed E-state index contributed by atoms with van der Waals surface area (Å²) in [4.78, 5) is -0.00264. The van der Waals surface area contributed by atoms with Gasteiger partial charge < -0.3 is 0 Å². The fraction of sp³-hybridized carbons (Fsp3) is 0.471. The highest BCUT2D eigenvalue weighted by atomic mass is 32.2. The predicted molar refractivity (Wildman–Crippen MR) is 96.5 cm³/mol. The minimum Gasteiger partial charge on any atom is -0.216 e. The molecule has 1 aromatic carbocycles. The molecule has 1 atom stereocenters. The Morgan fingerprint density at radius 2 is 1.80 bits per heavy atom. The van der Waals surface area contributed by atoms with Gasteiger partial charge in [-0.2, -0.15) is 30.3 Å². The lowest BCUT2D eigenvalue weighted by molar-refractivity contribution is -0.137. The zero-order valence-electron chi connectivity index (χ0n) is 15.1. The van der Waals surface area contributed by atoms with Gasteiger partial charge in [-0.15, -0.1) is 0 Å². The second-order valence-corrected chi connectivity index (χ2v) is 9.81. The van der Waals surface area contributed by atoms with Crippen LogP contribution in [0.3, 0.4) is 0 Å². The number of aromatic nitrogens is 1. The number of hydrogen-bond acceptors (Lipinski definition) is 4. The Kier molecular flexibility index (Phi) is 4.77. The molecule has 1 aliphatic heterocycles. The number of nitrogens with two attached hydrogens (primary N) is 1. The summed E-state index contributed by atoms with van der Waals surface area (Å²) >= 11 is 0.628. The molecule has 30 heavy (non-hydrogen) atoms. The number of halogens is 6. The third-order valence-electron chi connectivity index (χ3n) is 5.85. The van der Waals surface area contributed by atoms with Gasteiger partial charge in [-0.1, -0.05) is 0 Å². The third kappa shape index (κ3) is 3.31. The number of benzene rings is 1. The monoisotopic (exact) mass is 471 g/mol. The summed E-state index contributed by atoms with van der Waals surface area (Å²) in [6.45, 7) is -0.337. The van der Waals surface area contributed by atoms with E-state index >= 15 is 0 Å². The molecular weight excluding hydrogens is 456 g/mol. The van der Waals surface area contributed by atoms with E-state index in [2.05, 4.69) is 4.37 Å². The predicted octanol–water partition coefficient (Wildman–Crippen LogP) is 3.99. The number of nitrogens with zero attached hydrogens (tertiary/aromatic N) is 2. The van der Waals surface area contributed by atoms with Crippen molar-refractivity contribution in [1.29, 1.82) is 0 Å². The normalized spacial score (nSPS) is 23.6. The zero-order chi connectivity index (χ0) is 22.1. The van der Waals surface area contributed by atoms with Crippen LogP contribution in [0.2, 0.25) is 0 Å². The van der Waals surface area contributed by atoms with Crippen molar-refractivity contribution in [3.8, 4) is 10.4 Å². The summed E-state index contributed by atoms with van der Waals surface area (Å²) < 4.78 is 110. The molecule has 1 aliphatic carbocycles. The highest BCUT2D eigenvalue weighted by Crippen LogP contribution is 2.75. The molecule has 5 nitrogen and oxygen atoms in total. The Balaban J connectivity index is 1.63. The molecule has 1 unspecified atom stereocenters. The number of alkyl halides is 5. The van der Waals surface area contributed by atoms with Crippen LogP contribution in [0.15, 0.2) is 24.3 Å². The first-order valence-electron chi connectivity index (χ1n) is 8.77. The Morgan fingerprint density at radius 3 is 2.37 bits per heavy atom. The van der Waals surface area contributed by atoms with E-state index in [1.165, 1.54) is 6.07 Å². The Hall–Kier alpha value is -1.70. The molecule has 1 saturated carbocycles. The highest BCUT2D eigenvalue weighted by molar-refractivity contribution is 7.86. The van der Waals surface area contributed by atoms with Crippen LogP contribution in [0, 0.1) is 11.2 Å². The first-order chi connectivity index (χ1) is 13.8. The maximum absolute atomic E-state index is 14.7. The van der Waals surface area contributed by atoms with Gasteiger partial charge in [0.1, 0.15) is 5.82 Å². The van der Waals surface area contributed by atoms with E-state index in [9.17, 15) is 34.8 Å². The Morgan fingerprint density at radius 1 is 1.17 bits per heavy atom. The molecule has 1 aromatic heterocycles. The van der Waals surface area contributed by atoms with E-state index in [1.807, 2.05) is 0 Å². The fourth-order valence-electron chi connectivity index (χ4n) is 4.26. The molecule has 2 aliphatic rings. The maximum Gasteiger partial charge on any atom is 0.417 e. The van der Waals surface area contributed by atoms with Crippen molar-refractivity contribution in [3.63, 3.8) is 0 Å². The quantitative estimate of drug-likeness (QED) is 0.688. The Labute approximate surface area is 171 Å². The van der Waals surface area contributed by atoms with Gasteiger partial charge >= 0.3 is 6.18 Å². The summed E-state index contributed by atoms with van der Waals surface area (Å²) in [5.74, 6) is -5.56. The molecule has 164 valence electrons. The first kappa shape index (κ1) is 21.5. The average molecular weight is 471 g/mol. The smallest absolute Gasteiger partial charge is 0.216 e. The van der Waals surface area contributed by atoms with Gasteiger partial charge in [0.15, 0.2) is 0 Å². The van der Waals surface area contributed by atoms with Gasteiger partial charge in [-0.3, -0.25) is 0 Å². The Bertz CT molecular complexity index is 1090. The summed E-state index contributed by atoms with van der Waals surface area (Å²) in [5.41, 5.74) is -3.11. The number of rotatable bonds is 3. The lowest BCUT2D eigenvalue weighted by atomic mass is 9.90. The zero-order valence-corrected chi connectivity index (χ0v) is 16.7. The van der Waals surface area contributed by atoms with Gasteiger partial charge in [0.2, 0.25) is 0 Å². The SMILES string of the molecule is NS(=O)(=O)N1CCC2(CC1)C(c1cc(-c3ccc(F)cc3C(F)(F)F)sn1)C2(F)F. The minimum absolute atomic E-state index is 0.00264. The summed E-state index contributed by atoms with van der Waals surface area (Å²) in [7, 11) is -3.98. The van der Waals surface area contributed by atoms with Crippen LogP contribution in [-0.4, -0.2) is 36.1 Å². The molecule has 2 N–H and O–H groups in total. The van der Waals surface area contributed by atoms with Crippen molar-refractivity contribution in [3.05, 3.63) is 41.3 Å². The topological polar surface area (TPSA) is 76.3 Å².